The van der Waals surface area contributed by atoms with Crippen LogP contribution in [0.2, 0.25) is 0 Å². The van der Waals surface area contributed by atoms with Crippen molar-refractivity contribution in [2.24, 2.45) is 4.99 Å². The molecule has 1 saturated carbocycles. The Labute approximate surface area is 158 Å². The minimum Gasteiger partial charge on any atom is -0.361 e. The number of aromatic amines is 1. The molecule has 1 spiro atoms. The van der Waals surface area contributed by atoms with Gasteiger partial charge in [-0.15, -0.1) is 0 Å². The number of hydrogen-bond donors (Lipinski definition) is 1. The molecule has 1 aliphatic heterocycles. The lowest BCUT2D eigenvalue weighted by Gasteiger charge is -2.21. The van der Waals surface area contributed by atoms with Crippen molar-refractivity contribution in [3.63, 3.8) is 0 Å². The third kappa shape index (κ3) is 2.51. The Kier molecular flexibility index (Phi) is 3.67. The topological polar surface area (TPSA) is 48.5 Å². The third-order valence-electron chi connectivity index (χ3n) is 6.00. The highest BCUT2D eigenvalue weighted by Gasteiger charge is 2.49. The minimum atomic E-state index is -0.483. The molecule has 1 aliphatic carbocycles. The number of aromatic nitrogens is 1. The Hall–Kier alpha value is -2.88. The molecule has 2 heterocycles. The maximum absolute atomic E-state index is 12.9. The van der Waals surface area contributed by atoms with Gasteiger partial charge >= 0.3 is 0 Å². The molecule has 1 aromatic heterocycles. The second-order valence-corrected chi connectivity index (χ2v) is 7.58. The number of nitrogens with one attached hydrogen (secondary N) is 1. The Bertz CT molecular complexity index is 1040. The zero-order valence-corrected chi connectivity index (χ0v) is 15.5. The van der Waals surface area contributed by atoms with Gasteiger partial charge in [0.15, 0.2) is 0 Å². The van der Waals surface area contributed by atoms with E-state index in [1.165, 1.54) is 16.5 Å². The average Bonchev–Trinajstić information content (AvgIpc) is 3.42. The van der Waals surface area contributed by atoms with Crippen LogP contribution in [0.3, 0.4) is 0 Å². The smallest absolute Gasteiger partial charge is 0.256 e. The molecule has 0 saturated heterocycles. The van der Waals surface area contributed by atoms with Crippen molar-refractivity contribution in [1.82, 2.24) is 9.88 Å². The summed E-state index contributed by atoms with van der Waals surface area (Å²) in [5, 5.41) is 1.22. The van der Waals surface area contributed by atoms with E-state index in [1.54, 1.807) is 0 Å². The second kappa shape index (κ2) is 6.08. The molecular weight excluding hydrogens is 334 g/mol. The van der Waals surface area contributed by atoms with E-state index in [9.17, 15) is 4.79 Å². The first-order chi connectivity index (χ1) is 13.2. The van der Waals surface area contributed by atoms with Crippen LogP contribution in [0.4, 0.5) is 0 Å². The van der Waals surface area contributed by atoms with Gasteiger partial charge in [-0.2, -0.15) is 0 Å². The Morgan fingerprint density at radius 3 is 2.44 bits per heavy atom. The summed E-state index contributed by atoms with van der Waals surface area (Å²) < 4.78 is 0. The number of nitrogens with zero attached hydrogens (tertiary/aromatic N) is 2. The van der Waals surface area contributed by atoms with Crippen molar-refractivity contribution in [3.8, 4) is 11.1 Å². The SMILES string of the molecule is CCN1C(=O)C2(CCCC2)N=C1c1ccc(-c2ccc3cc[nH]c3c2)cc1. The molecular formula is C23H23N3O. The van der Waals surface area contributed by atoms with Gasteiger partial charge in [0.05, 0.1) is 0 Å². The lowest BCUT2D eigenvalue weighted by Crippen LogP contribution is -2.41. The molecule has 0 radical (unpaired) electrons. The number of likely N-dealkylation sites (N-methyl/N-ethyl adjacent to an activating group) is 1. The molecule has 2 aromatic carbocycles. The third-order valence-corrected chi connectivity index (χ3v) is 6.00. The van der Waals surface area contributed by atoms with Gasteiger partial charge in [0, 0.05) is 23.8 Å². The zero-order valence-electron chi connectivity index (χ0n) is 15.5. The molecule has 4 heteroatoms. The van der Waals surface area contributed by atoms with Crippen LogP contribution in [0.5, 0.6) is 0 Å². The van der Waals surface area contributed by atoms with Crippen LogP contribution in [0, 0.1) is 0 Å². The number of H-pyrrole nitrogens is 1. The largest absolute Gasteiger partial charge is 0.361 e. The molecule has 4 nitrogen and oxygen atoms in total. The minimum absolute atomic E-state index is 0.193. The summed E-state index contributed by atoms with van der Waals surface area (Å²) in [4.78, 5) is 23.0. The van der Waals surface area contributed by atoms with Crippen molar-refractivity contribution < 1.29 is 4.79 Å². The van der Waals surface area contributed by atoms with E-state index in [4.69, 9.17) is 4.99 Å². The number of hydrogen-bond acceptors (Lipinski definition) is 2. The van der Waals surface area contributed by atoms with Crippen molar-refractivity contribution in [2.75, 3.05) is 6.54 Å². The summed E-state index contributed by atoms with van der Waals surface area (Å²) in [6.07, 6.45) is 5.94. The van der Waals surface area contributed by atoms with Gasteiger partial charge in [-0.05, 0) is 48.4 Å². The van der Waals surface area contributed by atoms with Gasteiger partial charge in [-0.1, -0.05) is 49.2 Å². The second-order valence-electron chi connectivity index (χ2n) is 7.58. The molecule has 5 rings (SSSR count). The average molecular weight is 357 g/mol. The van der Waals surface area contributed by atoms with Crippen molar-refractivity contribution in [3.05, 3.63) is 60.3 Å². The number of aliphatic imine (C=N–C) groups is 1. The van der Waals surface area contributed by atoms with E-state index in [1.807, 2.05) is 18.0 Å². The number of carbonyl (C=O) groups is 1. The number of amides is 1. The van der Waals surface area contributed by atoms with E-state index in [0.717, 1.165) is 42.6 Å². The van der Waals surface area contributed by atoms with Gasteiger partial charge < -0.3 is 4.98 Å². The normalized spacial score (nSPS) is 18.6. The highest BCUT2D eigenvalue weighted by molar-refractivity contribution is 6.15. The number of rotatable bonds is 3. The Balaban J connectivity index is 1.50. The van der Waals surface area contributed by atoms with Gasteiger partial charge in [0.1, 0.15) is 11.4 Å². The van der Waals surface area contributed by atoms with Crippen LogP contribution in [0.15, 0.2) is 59.7 Å². The molecule has 1 fully saturated rings. The zero-order chi connectivity index (χ0) is 18.4. The number of amidine groups is 1. The first kappa shape index (κ1) is 16.3. The molecule has 1 amide bonds. The van der Waals surface area contributed by atoms with Crippen molar-refractivity contribution in [2.45, 2.75) is 38.1 Å². The van der Waals surface area contributed by atoms with Crippen LogP contribution < -0.4 is 0 Å². The maximum atomic E-state index is 12.9. The monoisotopic (exact) mass is 357 g/mol. The predicted molar refractivity (Wildman–Crippen MR) is 109 cm³/mol. The Morgan fingerprint density at radius 1 is 1.00 bits per heavy atom. The summed E-state index contributed by atoms with van der Waals surface area (Å²) in [6.45, 7) is 2.70. The highest BCUT2D eigenvalue weighted by Crippen LogP contribution is 2.40. The number of fused-ring (bicyclic) bond motifs is 1. The number of carbonyl (C=O) groups excluding carboxylic acids is 1. The summed E-state index contributed by atoms with van der Waals surface area (Å²) in [5.74, 6) is 1.04. The summed E-state index contributed by atoms with van der Waals surface area (Å²) in [5.41, 5.74) is 4.03. The Morgan fingerprint density at radius 2 is 1.70 bits per heavy atom. The molecule has 0 bridgehead atoms. The first-order valence-electron chi connectivity index (χ1n) is 9.80. The van der Waals surface area contributed by atoms with E-state index in [2.05, 4.69) is 53.5 Å². The molecule has 0 unspecified atom stereocenters. The van der Waals surface area contributed by atoms with Crippen LogP contribution in [-0.2, 0) is 4.79 Å². The van der Waals surface area contributed by atoms with E-state index < -0.39 is 5.54 Å². The first-order valence-corrected chi connectivity index (χ1v) is 9.80. The van der Waals surface area contributed by atoms with Crippen LogP contribution in [0.25, 0.3) is 22.0 Å². The number of benzene rings is 2. The quantitative estimate of drug-likeness (QED) is 0.722. The summed E-state index contributed by atoms with van der Waals surface area (Å²) in [6, 6.07) is 17.0. The molecule has 136 valence electrons. The van der Waals surface area contributed by atoms with E-state index >= 15 is 0 Å². The molecule has 0 atom stereocenters. The van der Waals surface area contributed by atoms with Gasteiger partial charge in [-0.3, -0.25) is 14.7 Å². The molecule has 1 N–H and O–H groups in total. The fourth-order valence-corrected chi connectivity index (χ4v) is 4.50. The summed E-state index contributed by atoms with van der Waals surface area (Å²) in [7, 11) is 0. The molecule has 2 aliphatic rings. The van der Waals surface area contributed by atoms with Gasteiger partial charge in [0.25, 0.3) is 5.91 Å². The summed E-state index contributed by atoms with van der Waals surface area (Å²) >= 11 is 0. The lowest BCUT2D eigenvalue weighted by atomic mass is 9.98. The van der Waals surface area contributed by atoms with Gasteiger partial charge in [0.2, 0.25) is 0 Å². The van der Waals surface area contributed by atoms with Crippen molar-refractivity contribution in [1.29, 1.82) is 0 Å². The fourth-order valence-electron chi connectivity index (χ4n) is 4.50. The van der Waals surface area contributed by atoms with Gasteiger partial charge in [-0.25, -0.2) is 0 Å². The standard InChI is InChI=1S/C23H23N3O/c1-2-26-21(25-23(22(26)27)12-3-4-13-23)18-8-5-16(6-9-18)19-10-7-17-11-14-24-20(17)15-19/h5-11,14-15,24H,2-4,12-13H2,1H3. The van der Waals surface area contributed by atoms with E-state index in [-0.39, 0.29) is 5.91 Å². The molecule has 3 aromatic rings. The van der Waals surface area contributed by atoms with Crippen LogP contribution >= 0.6 is 0 Å². The van der Waals surface area contributed by atoms with E-state index in [0.29, 0.717) is 6.54 Å². The van der Waals surface area contributed by atoms with Crippen LogP contribution in [0.1, 0.15) is 38.2 Å². The van der Waals surface area contributed by atoms with Crippen molar-refractivity contribution >= 4 is 22.6 Å². The molecule has 27 heavy (non-hydrogen) atoms. The predicted octanol–water partition coefficient (Wildman–Crippen LogP) is 4.76. The fraction of sp³-hybridized carbons (Fsp3) is 0.304. The lowest BCUT2D eigenvalue weighted by molar-refractivity contribution is -0.130. The van der Waals surface area contributed by atoms with Crippen LogP contribution in [-0.4, -0.2) is 33.7 Å². The highest BCUT2D eigenvalue weighted by atomic mass is 16.2. The maximum Gasteiger partial charge on any atom is 0.256 e.